The molecule has 2 aliphatic rings. The maximum atomic E-state index is 13.0. The van der Waals surface area contributed by atoms with Crippen molar-refractivity contribution >= 4 is 44.0 Å². The van der Waals surface area contributed by atoms with Gasteiger partial charge in [0.15, 0.2) is 5.13 Å². The third kappa shape index (κ3) is 5.43. The molecule has 1 N–H and O–H groups in total. The predicted octanol–water partition coefficient (Wildman–Crippen LogP) is 1.90. The highest BCUT2D eigenvalue weighted by molar-refractivity contribution is 7.89. The number of benzene rings is 1. The van der Waals surface area contributed by atoms with Crippen LogP contribution < -0.4 is 5.32 Å². The third-order valence-electron chi connectivity index (χ3n) is 5.04. The molecule has 0 bridgehead atoms. The quantitative estimate of drug-likeness (QED) is 0.665. The second kappa shape index (κ2) is 9.90. The number of morpholine rings is 2. The summed E-state index contributed by atoms with van der Waals surface area (Å²) >= 11 is 7.50. The van der Waals surface area contributed by atoms with E-state index in [9.17, 15) is 13.2 Å². The zero-order valence-electron chi connectivity index (χ0n) is 16.8. The number of carbonyl (C=O) groups is 1. The molecule has 2 aromatic rings. The monoisotopic (exact) mass is 486 g/mol. The minimum atomic E-state index is -3.82. The van der Waals surface area contributed by atoms with E-state index in [1.807, 2.05) is 5.38 Å². The summed E-state index contributed by atoms with van der Waals surface area (Å²) in [6, 6.07) is 4.23. The molecular weight excluding hydrogens is 464 g/mol. The van der Waals surface area contributed by atoms with Gasteiger partial charge in [-0.2, -0.15) is 4.31 Å². The number of ether oxygens (including phenoxy) is 2. The van der Waals surface area contributed by atoms with Gasteiger partial charge in [0.1, 0.15) is 4.90 Å². The largest absolute Gasteiger partial charge is 0.379 e. The first-order valence-corrected chi connectivity index (χ1v) is 12.6. The molecule has 4 rings (SSSR count). The molecule has 2 fully saturated rings. The number of hydrogen-bond acceptors (Lipinski definition) is 8. The van der Waals surface area contributed by atoms with E-state index in [0.717, 1.165) is 18.8 Å². The fourth-order valence-electron chi connectivity index (χ4n) is 3.36. The summed E-state index contributed by atoms with van der Waals surface area (Å²) in [4.78, 5) is 19.4. The summed E-state index contributed by atoms with van der Waals surface area (Å²) in [6.07, 6.45) is 0. The van der Waals surface area contributed by atoms with E-state index in [2.05, 4.69) is 15.2 Å². The lowest BCUT2D eigenvalue weighted by molar-refractivity contribution is 0.0337. The second-order valence-electron chi connectivity index (χ2n) is 7.15. The number of amides is 1. The van der Waals surface area contributed by atoms with Gasteiger partial charge in [-0.1, -0.05) is 11.6 Å². The first kappa shape index (κ1) is 22.6. The number of aromatic nitrogens is 1. The highest BCUT2D eigenvalue weighted by Crippen LogP contribution is 2.27. The lowest BCUT2D eigenvalue weighted by atomic mass is 10.2. The van der Waals surface area contributed by atoms with Gasteiger partial charge in [-0.3, -0.25) is 15.0 Å². The number of thiazole rings is 1. The lowest BCUT2D eigenvalue weighted by Crippen LogP contribution is -2.40. The van der Waals surface area contributed by atoms with Crippen molar-refractivity contribution in [2.75, 3.05) is 57.9 Å². The number of nitrogens with one attached hydrogen (secondary N) is 1. The van der Waals surface area contributed by atoms with Gasteiger partial charge in [0.05, 0.1) is 37.1 Å². The molecule has 0 unspecified atom stereocenters. The molecule has 12 heteroatoms. The van der Waals surface area contributed by atoms with Crippen molar-refractivity contribution in [2.24, 2.45) is 0 Å². The van der Waals surface area contributed by atoms with Crippen LogP contribution >= 0.6 is 22.9 Å². The average Bonchev–Trinajstić information content (AvgIpc) is 3.21. The van der Waals surface area contributed by atoms with Crippen molar-refractivity contribution in [2.45, 2.75) is 11.4 Å². The van der Waals surface area contributed by atoms with E-state index in [-0.39, 0.29) is 28.6 Å². The molecule has 1 amide bonds. The van der Waals surface area contributed by atoms with Crippen molar-refractivity contribution in [3.63, 3.8) is 0 Å². The van der Waals surface area contributed by atoms with Crippen LogP contribution in [0.5, 0.6) is 0 Å². The Balaban J connectivity index is 1.46. The standard InChI is InChI=1S/C19H23ClN4O5S2/c20-16-2-1-14(11-17(16)31(26,27)24-5-9-29-10-6-24)18(25)22-19-21-15(13-30-19)12-23-3-7-28-8-4-23/h1-2,11,13H,3-10,12H2,(H,21,22,25). The molecule has 0 radical (unpaired) electrons. The Labute approximate surface area is 190 Å². The van der Waals surface area contributed by atoms with Crippen LogP contribution in [0, 0.1) is 0 Å². The van der Waals surface area contributed by atoms with Crippen molar-refractivity contribution in [3.05, 3.63) is 39.9 Å². The summed E-state index contributed by atoms with van der Waals surface area (Å²) in [5, 5.41) is 5.18. The van der Waals surface area contributed by atoms with Crippen LogP contribution in [0.2, 0.25) is 5.02 Å². The van der Waals surface area contributed by atoms with Crippen molar-refractivity contribution in [1.29, 1.82) is 0 Å². The molecule has 1 aromatic heterocycles. The minimum absolute atomic E-state index is 0.0742. The molecule has 1 aromatic carbocycles. The van der Waals surface area contributed by atoms with E-state index in [1.165, 1.54) is 33.8 Å². The van der Waals surface area contributed by atoms with E-state index < -0.39 is 15.9 Å². The second-order valence-corrected chi connectivity index (χ2v) is 10.3. The molecule has 2 saturated heterocycles. The van der Waals surface area contributed by atoms with Gasteiger partial charge in [0, 0.05) is 43.7 Å². The summed E-state index contributed by atoms with van der Waals surface area (Å²) in [5.74, 6) is -0.442. The summed E-state index contributed by atoms with van der Waals surface area (Å²) in [6.45, 7) is 4.97. The first-order chi connectivity index (χ1) is 14.9. The Morgan fingerprint density at radius 2 is 1.81 bits per heavy atom. The van der Waals surface area contributed by atoms with Gasteiger partial charge in [0.2, 0.25) is 10.0 Å². The van der Waals surface area contributed by atoms with Gasteiger partial charge in [-0.15, -0.1) is 11.3 Å². The van der Waals surface area contributed by atoms with E-state index in [4.69, 9.17) is 21.1 Å². The van der Waals surface area contributed by atoms with Crippen molar-refractivity contribution in [1.82, 2.24) is 14.2 Å². The maximum absolute atomic E-state index is 13.0. The summed E-state index contributed by atoms with van der Waals surface area (Å²) in [7, 11) is -3.82. The Morgan fingerprint density at radius 3 is 2.52 bits per heavy atom. The molecule has 9 nitrogen and oxygen atoms in total. The number of nitrogens with zero attached hydrogens (tertiary/aromatic N) is 3. The van der Waals surface area contributed by atoms with Crippen LogP contribution in [0.3, 0.4) is 0 Å². The molecular formula is C19H23ClN4O5S2. The zero-order chi connectivity index (χ0) is 21.8. The topological polar surface area (TPSA) is 101 Å². The number of hydrogen-bond donors (Lipinski definition) is 1. The Hall–Kier alpha value is -1.60. The van der Waals surface area contributed by atoms with Crippen LogP contribution in [0.15, 0.2) is 28.5 Å². The Kier molecular flexibility index (Phi) is 7.22. The molecule has 0 atom stereocenters. The number of halogens is 1. The predicted molar refractivity (Wildman–Crippen MR) is 117 cm³/mol. The van der Waals surface area contributed by atoms with Gasteiger partial charge in [-0.05, 0) is 18.2 Å². The van der Waals surface area contributed by atoms with Crippen LogP contribution in [0.4, 0.5) is 5.13 Å². The van der Waals surface area contributed by atoms with Crippen LogP contribution in [-0.2, 0) is 26.0 Å². The van der Waals surface area contributed by atoms with Gasteiger partial charge >= 0.3 is 0 Å². The highest BCUT2D eigenvalue weighted by atomic mass is 35.5. The zero-order valence-corrected chi connectivity index (χ0v) is 19.1. The van der Waals surface area contributed by atoms with Crippen molar-refractivity contribution in [3.8, 4) is 0 Å². The Morgan fingerprint density at radius 1 is 1.13 bits per heavy atom. The first-order valence-electron chi connectivity index (χ1n) is 9.87. The average molecular weight is 487 g/mol. The normalized spacial score (nSPS) is 18.7. The summed E-state index contributed by atoms with van der Waals surface area (Å²) in [5.41, 5.74) is 1.06. The van der Waals surface area contributed by atoms with Crippen LogP contribution in [0.1, 0.15) is 16.1 Å². The third-order valence-corrected chi connectivity index (χ3v) is 8.23. The fraction of sp³-hybridized carbons (Fsp3) is 0.474. The molecule has 168 valence electrons. The van der Waals surface area contributed by atoms with E-state index in [0.29, 0.717) is 38.1 Å². The van der Waals surface area contributed by atoms with Crippen LogP contribution in [0.25, 0.3) is 0 Å². The summed E-state index contributed by atoms with van der Waals surface area (Å²) < 4.78 is 37.8. The maximum Gasteiger partial charge on any atom is 0.257 e. The number of anilines is 1. The van der Waals surface area contributed by atoms with Gasteiger partial charge in [-0.25, -0.2) is 13.4 Å². The van der Waals surface area contributed by atoms with Gasteiger partial charge < -0.3 is 9.47 Å². The molecule has 2 aliphatic heterocycles. The molecule has 0 aliphatic carbocycles. The molecule has 0 spiro atoms. The fourth-order valence-corrected chi connectivity index (χ4v) is 5.97. The molecule has 31 heavy (non-hydrogen) atoms. The van der Waals surface area contributed by atoms with Gasteiger partial charge in [0.25, 0.3) is 5.91 Å². The number of carbonyl (C=O) groups excluding carboxylic acids is 1. The molecule has 0 saturated carbocycles. The van der Waals surface area contributed by atoms with E-state index in [1.54, 1.807) is 0 Å². The SMILES string of the molecule is O=C(Nc1nc(CN2CCOCC2)cs1)c1ccc(Cl)c(S(=O)(=O)N2CCOCC2)c1. The smallest absolute Gasteiger partial charge is 0.257 e. The number of rotatable bonds is 6. The lowest BCUT2D eigenvalue weighted by Gasteiger charge is -2.26. The Bertz CT molecular complexity index is 1030. The van der Waals surface area contributed by atoms with E-state index >= 15 is 0 Å². The minimum Gasteiger partial charge on any atom is -0.379 e. The molecule has 3 heterocycles. The van der Waals surface area contributed by atoms with Crippen LogP contribution in [-0.4, -0.2) is 81.1 Å². The number of sulfonamides is 1. The van der Waals surface area contributed by atoms with Crippen molar-refractivity contribution < 1.29 is 22.7 Å². The highest BCUT2D eigenvalue weighted by Gasteiger charge is 2.29.